The third-order valence-corrected chi connectivity index (χ3v) is 4.88. The summed E-state index contributed by atoms with van der Waals surface area (Å²) in [5.41, 5.74) is -0.437. The van der Waals surface area contributed by atoms with E-state index in [0.717, 1.165) is 44.1 Å². The van der Waals surface area contributed by atoms with Crippen molar-refractivity contribution < 1.29 is 14.9 Å². The quantitative estimate of drug-likeness (QED) is 0.563. The second kappa shape index (κ2) is 5.66. The van der Waals surface area contributed by atoms with Crippen molar-refractivity contribution in [3.05, 3.63) is 11.6 Å². The first-order valence-corrected chi connectivity index (χ1v) is 7.17. The van der Waals surface area contributed by atoms with Crippen molar-refractivity contribution in [3.8, 4) is 11.8 Å². The first-order chi connectivity index (χ1) is 9.14. The second-order valence-corrected chi connectivity index (χ2v) is 5.56. The van der Waals surface area contributed by atoms with E-state index in [1.807, 2.05) is 13.0 Å². The minimum Gasteiger partial charge on any atom is -0.384 e. The van der Waals surface area contributed by atoms with Gasteiger partial charge in [0.05, 0.1) is 5.92 Å². The third-order valence-electron chi connectivity index (χ3n) is 4.88. The molecule has 2 fully saturated rings. The Morgan fingerprint density at radius 3 is 2.79 bits per heavy atom. The molecule has 0 aromatic heterocycles. The summed E-state index contributed by atoms with van der Waals surface area (Å²) in [6, 6.07) is 0. The summed E-state index contributed by atoms with van der Waals surface area (Å²) in [6.45, 7) is 1.82. The van der Waals surface area contributed by atoms with Gasteiger partial charge in [-0.25, -0.2) is 0 Å². The maximum Gasteiger partial charge on any atom is 0.128 e. The van der Waals surface area contributed by atoms with E-state index < -0.39 is 11.2 Å². The van der Waals surface area contributed by atoms with E-state index in [2.05, 4.69) is 11.8 Å². The highest BCUT2D eigenvalue weighted by Gasteiger charge is 2.60. The second-order valence-electron chi connectivity index (χ2n) is 5.56. The van der Waals surface area contributed by atoms with Crippen LogP contribution < -0.4 is 0 Å². The highest BCUT2D eigenvalue weighted by molar-refractivity contribution is 5.34. The molecule has 2 saturated carbocycles. The lowest BCUT2D eigenvalue weighted by molar-refractivity contribution is -0.201. The van der Waals surface area contributed by atoms with Gasteiger partial charge in [0.15, 0.2) is 0 Å². The molecule has 106 valence electrons. The summed E-state index contributed by atoms with van der Waals surface area (Å²) in [4.78, 5) is 0. The molecule has 0 aromatic rings. The van der Waals surface area contributed by atoms with E-state index in [0.29, 0.717) is 0 Å². The van der Waals surface area contributed by atoms with E-state index in [1.165, 1.54) is 0 Å². The summed E-state index contributed by atoms with van der Waals surface area (Å²) >= 11 is 0. The predicted molar refractivity (Wildman–Crippen MR) is 74.5 cm³/mol. The maximum atomic E-state index is 11.4. The molecule has 0 heterocycles. The number of ether oxygens (including phenoxy) is 1. The van der Waals surface area contributed by atoms with E-state index in [9.17, 15) is 5.11 Å². The number of methoxy groups -OCH3 is 1. The molecule has 0 aromatic carbocycles. The Labute approximate surface area is 115 Å². The predicted octanol–water partition coefficient (Wildman–Crippen LogP) is 2.03. The summed E-state index contributed by atoms with van der Waals surface area (Å²) in [6.07, 6.45) is 7.63. The van der Waals surface area contributed by atoms with Crippen molar-refractivity contribution in [2.45, 2.75) is 56.7 Å². The number of rotatable bonds is 1. The lowest BCUT2D eigenvalue weighted by Gasteiger charge is -2.56. The lowest BCUT2D eigenvalue weighted by atomic mass is 9.57. The summed E-state index contributed by atoms with van der Waals surface area (Å²) in [5.74, 6) is 5.65. The van der Waals surface area contributed by atoms with Gasteiger partial charge >= 0.3 is 0 Å². The first kappa shape index (κ1) is 14.6. The maximum absolute atomic E-state index is 11.4. The van der Waals surface area contributed by atoms with E-state index in [4.69, 9.17) is 9.84 Å². The van der Waals surface area contributed by atoms with Gasteiger partial charge in [0.2, 0.25) is 0 Å². The van der Waals surface area contributed by atoms with E-state index in [1.54, 1.807) is 7.11 Å². The van der Waals surface area contributed by atoms with Crippen LogP contribution in [0.15, 0.2) is 11.6 Å². The Balaban J connectivity index is 2.48. The average Bonchev–Trinajstić information content (AvgIpc) is 2.44. The molecule has 0 aliphatic heterocycles. The van der Waals surface area contributed by atoms with Gasteiger partial charge in [0.25, 0.3) is 0 Å². The fourth-order valence-electron chi connectivity index (χ4n) is 3.97. The Morgan fingerprint density at radius 1 is 1.42 bits per heavy atom. The summed E-state index contributed by atoms with van der Waals surface area (Å²) in [7, 11) is 1.70. The normalized spacial score (nSPS) is 40.4. The molecule has 2 aliphatic rings. The Morgan fingerprint density at radius 2 is 2.16 bits per heavy atom. The van der Waals surface area contributed by atoms with Gasteiger partial charge in [-0.1, -0.05) is 17.9 Å². The topological polar surface area (TPSA) is 49.7 Å². The van der Waals surface area contributed by atoms with Gasteiger partial charge in [0, 0.05) is 7.11 Å². The van der Waals surface area contributed by atoms with Crippen LogP contribution in [0.4, 0.5) is 0 Å². The largest absolute Gasteiger partial charge is 0.384 e. The lowest BCUT2D eigenvalue weighted by Crippen LogP contribution is -2.64. The zero-order valence-corrected chi connectivity index (χ0v) is 11.9. The van der Waals surface area contributed by atoms with Crippen LogP contribution in [0.5, 0.6) is 0 Å². The van der Waals surface area contributed by atoms with Crippen molar-refractivity contribution in [2.24, 2.45) is 5.92 Å². The molecule has 0 spiro atoms. The number of hydrogen-bond donors (Lipinski definition) is 2. The van der Waals surface area contributed by atoms with E-state index in [-0.39, 0.29) is 12.5 Å². The molecule has 19 heavy (non-hydrogen) atoms. The SMILES string of the molecule is C/C=C1\CCC[C@@]2(OC)CCC[C@@H](C#CCO)[C@]12O. The number of aliphatic hydroxyl groups excluding tert-OH is 1. The van der Waals surface area contributed by atoms with Gasteiger partial charge < -0.3 is 14.9 Å². The van der Waals surface area contributed by atoms with Gasteiger partial charge in [0.1, 0.15) is 17.8 Å². The monoisotopic (exact) mass is 264 g/mol. The molecule has 0 radical (unpaired) electrons. The molecule has 3 atom stereocenters. The van der Waals surface area contributed by atoms with Gasteiger partial charge in [-0.05, 0) is 51.0 Å². The van der Waals surface area contributed by atoms with Crippen LogP contribution in [0.1, 0.15) is 45.4 Å². The fourth-order valence-corrected chi connectivity index (χ4v) is 3.97. The number of fused-ring (bicyclic) bond motifs is 1. The molecule has 2 N–H and O–H groups in total. The van der Waals surface area contributed by atoms with Gasteiger partial charge in [-0.15, -0.1) is 0 Å². The average molecular weight is 264 g/mol. The molecule has 3 heteroatoms. The van der Waals surface area contributed by atoms with Crippen molar-refractivity contribution in [2.75, 3.05) is 13.7 Å². The molecule has 2 aliphatic carbocycles. The molecule has 0 bridgehead atoms. The molecule has 0 saturated heterocycles. The third kappa shape index (κ3) is 2.12. The highest BCUT2D eigenvalue weighted by atomic mass is 16.5. The molecule has 2 rings (SSSR count). The molecular weight excluding hydrogens is 240 g/mol. The standard InChI is InChI=1S/C16H24O3/c1-3-13-7-4-10-15(19-2)11-5-8-14(9-6-12-17)16(13,15)18/h3,14,17-18H,4-5,7-8,10-12H2,1-2H3/b13-3+/t14-,15+,16+/m0/s1. The molecule has 3 nitrogen and oxygen atoms in total. The number of hydrogen-bond acceptors (Lipinski definition) is 3. The minimum atomic E-state index is -0.991. The van der Waals surface area contributed by atoms with Crippen LogP contribution in [0, 0.1) is 17.8 Å². The van der Waals surface area contributed by atoms with Crippen LogP contribution in [0.25, 0.3) is 0 Å². The smallest absolute Gasteiger partial charge is 0.128 e. The van der Waals surface area contributed by atoms with Crippen molar-refractivity contribution in [1.29, 1.82) is 0 Å². The van der Waals surface area contributed by atoms with Crippen LogP contribution in [-0.2, 0) is 4.74 Å². The Kier molecular flexibility index (Phi) is 4.35. The van der Waals surface area contributed by atoms with Crippen molar-refractivity contribution in [1.82, 2.24) is 0 Å². The molecule has 0 amide bonds. The Hall–Kier alpha value is -0.820. The zero-order chi connectivity index (χ0) is 13.9. The van der Waals surface area contributed by atoms with Crippen LogP contribution in [-0.4, -0.2) is 35.1 Å². The number of allylic oxidation sites excluding steroid dienone is 1. The van der Waals surface area contributed by atoms with E-state index >= 15 is 0 Å². The molecular formula is C16H24O3. The fraction of sp³-hybridized carbons (Fsp3) is 0.750. The minimum absolute atomic E-state index is 0.139. The highest BCUT2D eigenvalue weighted by Crippen LogP contribution is 2.53. The van der Waals surface area contributed by atoms with Gasteiger partial charge in [-0.3, -0.25) is 0 Å². The zero-order valence-electron chi connectivity index (χ0n) is 11.9. The van der Waals surface area contributed by atoms with Crippen molar-refractivity contribution in [3.63, 3.8) is 0 Å². The summed E-state index contributed by atoms with van der Waals surface area (Å²) in [5, 5.41) is 20.3. The first-order valence-electron chi connectivity index (χ1n) is 7.17. The van der Waals surface area contributed by atoms with Crippen LogP contribution >= 0.6 is 0 Å². The van der Waals surface area contributed by atoms with Crippen molar-refractivity contribution >= 4 is 0 Å². The van der Waals surface area contributed by atoms with Gasteiger partial charge in [-0.2, -0.15) is 0 Å². The van der Waals surface area contributed by atoms with Crippen LogP contribution in [0.2, 0.25) is 0 Å². The van der Waals surface area contributed by atoms with Crippen LogP contribution in [0.3, 0.4) is 0 Å². The molecule has 0 unspecified atom stereocenters. The number of aliphatic hydroxyl groups is 2. The summed E-state index contributed by atoms with van der Waals surface area (Å²) < 4.78 is 5.81. The Bertz CT molecular complexity index is 413.